The van der Waals surface area contributed by atoms with Gasteiger partial charge in [-0.3, -0.25) is 0 Å². The van der Waals surface area contributed by atoms with Crippen molar-refractivity contribution in [2.24, 2.45) is 11.7 Å². The van der Waals surface area contributed by atoms with Gasteiger partial charge in [0.25, 0.3) is 0 Å². The van der Waals surface area contributed by atoms with Crippen LogP contribution in [-0.2, 0) is 6.42 Å². The van der Waals surface area contributed by atoms with E-state index >= 15 is 0 Å². The molecule has 0 fully saturated rings. The molecule has 2 aromatic rings. The third-order valence-electron chi connectivity index (χ3n) is 3.78. The lowest BCUT2D eigenvalue weighted by atomic mass is 10.0. The molecule has 1 aromatic carbocycles. The van der Waals surface area contributed by atoms with E-state index in [1.165, 1.54) is 5.56 Å². The Morgan fingerprint density at radius 2 is 2.00 bits per heavy atom. The molecule has 1 unspecified atom stereocenters. The fraction of sp³-hybridized carbons (Fsp3) is 0.500. The normalized spacial score (nSPS) is 18.6. The van der Waals surface area contributed by atoms with Gasteiger partial charge >= 0.3 is 0 Å². The second-order valence-electron chi connectivity index (χ2n) is 6.43. The molecule has 3 rings (SSSR count). The van der Waals surface area contributed by atoms with E-state index in [0.717, 1.165) is 28.9 Å². The molecule has 0 saturated heterocycles. The zero-order chi connectivity index (χ0) is 13.8. The molecule has 1 aromatic heterocycles. The van der Waals surface area contributed by atoms with Crippen LogP contribution >= 0.6 is 0 Å². The summed E-state index contributed by atoms with van der Waals surface area (Å²) in [6.45, 7) is 8.40. The summed E-state index contributed by atoms with van der Waals surface area (Å²) >= 11 is 0. The summed E-state index contributed by atoms with van der Waals surface area (Å²) in [5.41, 5.74) is 8.08. The molecular weight excluding hydrogens is 238 g/mol. The Bertz CT molecular complexity index is 625. The third-order valence-corrected chi connectivity index (χ3v) is 3.78. The van der Waals surface area contributed by atoms with Crippen LogP contribution in [0.25, 0.3) is 11.0 Å². The molecule has 0 amide bonds. The number of ether oxygens (including phenoxy) is 1. The fourth-order valence-corrected chi connectivity index (χ4v) is 2.65. The molecule has 0 aliphatic carbocycles. The number of benzene rings is 1. The first kappa shape index (κ1) is 12.5. The zero-order valence-electron chi connectivity index (χ0n) is 12.0. The molecule has 0 radical (unpaired) electrons. The second kappa shape index (κ2) is 4.01. The fourth-order valence-electron chi connectivity index (χ4n) is 2.65. The molecule has 0 bridgehead atoms. The van der Waals surface area contributed by atoms with Gasteiger partial charge in [-0.1, -0.05) is 26.0 Å². The molecule has 3 nitrogen and oxygen atoms in total. The molecule has 1 aliphatic heterocycles. The Morgan fingerprint density at radius 1 is 1.26 bits per heavy atom. The summed E-state index contributed by atoms with van der Waals surface area (Å²) in [5, 5.41) is 1.07. The lowest BCUT2D eigenvalue weighted by Crippen LogP contribution is -2.24. The van der Waals surface area contributed by atoms with E-state index < -0.39 is 0 Å². The Balaban J connectivity index is 2.11. The quantitative estimate of drug-likeness (QED) is 0.892. The van der Waals surface area contributed by atoms with Crippen LogP contribution in [0.15, 0.2) is 22.6 Å². The van der Waals surface area contributed by atoms with Gasteiger partial charge in [-0.15, -0.1) is 0 Å². The van der Waals surface area contributed by atoms with Crippen molar-refractivity contribution in [1.82, 2.24) is 0 Å². The molecule has 102 valence electrons. The number of fused-ring (bicyclic) bond motifs is 3. The highest BCUT2D eigenvalue weighted by Gasteiger charge is 2.32. The Hall–Kier alpha value is -1.48. The molecule has 1 aliphatic rings. The Morgan fingerprint density at radius 3 is 2.68 bits per heavy atom. The van der Waals surface area contributed by atoms with Gasteiger partial charge in [0, 0.05) is 17.4 Å². The van der Waals surface area contributed by atoms with Gasteiger partial charge < -0.3 is 14.9 Å². The van der Waals surface area contributed by atoms with Crippen molar-refractivity contribution in [3.05, 3.63) is 29.5 Å². The summed E-state index contributed by atoms with van der Waals surface area (Å²) in [4.78, 5) is 0. The second-order valence-corrected chi connectivity index (χ2v) is 6.43. The average molecular weight is 259 g/mol. The van der Waals surface area contributed by atoms with E-state index in [1.807, 2.05) is 6.07 Å². The van der Waals surface area contributed by atoms with Crippen LogP contribution in [0.3, 0.4) is 0 Å². The van der Waals surface area contributed by atoms with Crippen molar-refractivity contribution < 1.29 is 9.15 Å². The standard InChI is InChI=1S/C16H21NO2/c1-9(2)13(17)12-7-10-5-6-11-8-16(3,4)19-15(11)14(10)18-12/h5-7,9,13H,8,17H2,1-4H3. The predicted molar refractivity (Wildman–Crippen MR) is 76.4 cm³/mol. The Kier molecular flexibility index (Phi) is 2.65. The van der Waals surface area contributed by atoms with E-state index in [-0.39, 0.29) is 11.6 Å². The van der Waals surface area contributed by atoms with Crippen molar-refractivity contribution >= 4 is 11.0 Å². The van der Waals surface area contributed by atoms with E-state index in [2.05, 4.69) is 39.8 Å². The zero-order valence-corrected chi connectivity index (χ0v) is 12.0. The van der Waals surface area contributed by atoms with Crippen LogP contribution in [-0.4, -0.2) is 5.60 Å². The number of hydrogen-bond acceptors (Lipinski definition) is 3. The van der Waals surface area contributed by atoms with Gasteiger partial charge in [0.05, 0.1) is 6.04 Å². The molecule has 0 saturated carbocycles. The summed E-state index contributed by atoms with van der Waals surface area (Å²) in [5.74, 6) is 2.09. The first-order chi connectivity index (χ1) is 8.87. The molecule has 1 atom stereocenters. The van der Waals surface area contributed by atoms with Crippen molar-refractivity contribution in [1.29, 1.82) is 0 Å². The van der Waals surface area contributed by atoms with Gasteiger partial charge in [0.1, 0.15) is 11.4 Å². The maximum atomic E-state index is 6.17. The summed E-state index contributed by atoms with van der Waals surface area (Å²) < 4.78 is 12.0. The molecule has 2 heterocycles. The predicted octanol–water partition coefficient (Wildman–Crippen LogP) is 3.80. The topological polar surface area (TPSA) is 48.4 Å². The van der Waals surface area contributed by atoms with Gasteiger partial charge in [0.2, 0.25) is 0 Å². The van der Waals surface area contributed by atoms with Crippen LogP contribution < -0.4 is 10.5 Å². The van der Waals surface area contributed by atoms with Crippen LogP contribution in [0.1, 0.15) is 45.1 Å². The lowest BCUT2D eigenvalue weighted by Gasteiger charge is -2.16. The average Bonchev–Trinajstić information content (AvgIpc) is 2.86. The first-order valence-corrected chi connectivity index (χ1v) is 6.87. The van der Waals surface area contributed by atoms with Gasteiger partial charge in [-0.05, 0) is 25.8 Å². The minimum absolute atomic E-state index is 0.0718. The Labute approximate surface area is 113 Å². The van der Waals surface area contributed by atoms with Gasteiger partial charge in [-0.25, -0.2) is 0 Å². The number of rotatable bonds is 2. The van der Waals surface area contributed by atoms with E-state index in [1.54, 1.807) is 0 Å². The van der Waals surface area contributed by atoms with Crippen LogP contribution in [0.2, 0.25) is 0 Å². The monoisotopic (exact) mass is 259 g/mol. The summed E-state index contributed by atoms with van der Waals surface area (Å²) in [6.07, 6.45) is 0.921. The SMILES string of the molecule is CC(C)C(N)c1cc2ccc3c(c2o1)OC(C)(C)C3. The smallest absolute Gasteiger partial charge is 0.176 e. The largest absolute Gasteiger partial charge is 0.483 e. The van der Waals surface area contributed by atoms with Crippen molar-refractivity contribution in [3.63, 3.8) is 0 Å². The number of hydrogen-bond donors (Lipinski definition) is 1. The lowest BCUT2D eigenvalue weighted by molar-refractivity contribution is 0.138. The summed E-state index contributed by atoms with van der Waals surface area (Å²) in [6, 6.07) is 6.19. The van der Waals surface area contributed by atoms with Crippen LogP contribution in [0, 0.1) is 5.92 Å². The maximum Gasteiger partial charge on any atom is 0.176 e. The third kappa shape index (κ3) is 2.02. The van der Waals surface area contributed by atoms with Crippen molar-refractivity contribution in [3.8, 4) is 5.75 Å². The number of furan rings is 1. The van der Waals surface area contributed by atoms with E-state index in [4.69, 9.17) is 14.9 Å². The van der Waals surface area contributed by atoms with Crippen molar-refractivity contribution in [2.75, 3.05) is 0 Å². The highest BCUT2D eigenvalue weighted by molar-refractivity contribution is 5.86. The molecule has 3 heteroatoms. The minimum atomic E-state index is -0.149. The highest BCUT2D eigenvalue weighted by atomic mass is 16.5. The molecule has 19 heavy (non-hydrogen) atoms. The first-order valence-electron chi connectivity index (χ1n) is 6.87. The molecule has 0 spiro atoms. The van der Waals surface area contributed by atoms with Gasteiger partial charge in [0.15, 0.2) is 11.3 Å². The van der Waals surface area contributed by atoms with Gasteiger partial charge in [-0.2, -0.15) is 0 Å². The molecule has 2 N–H and O–H groups in total. The minimum Gasteiger partial charge on any atom is -0.483 e. The number of nitrogens with two attached hydrogens (primary N) is 1. The highest BCUT2D eigenvalue weighted by Crippen LogP contribution is 2.42. The maximum absolute atomic E-state index is 6.17. The summed E-state index contributed by atoms with van der Waals surface area (Å²) in [7, 11) is 0. The van der Waals surface area contributed by atoms with E-state index in [0.29, 0.717) is 5.92 Å². The van der Waals surface area contributed by atoms with Crippen molar-refractivity contribution in [2.45, 2.75) is 45.8 Å². The molecular formula is C16H21NO2. The van der Waals surface area contributed by atoms with E-state index in [9.17, 15) is 0 Å². The van der Waals surface area contributed by atoms with Crippen LogP contribution in [0.5, 0.6) is 5.75 Å². The van der Waals surface area contributed by atoms with Crippen LogP contribution in [0.4, 0.5) is 0 Å².